The minimum atomic E-state index is -0.0202. The van der Waals surface area contributed by atoms with Crippen molar-refractivity contribution in [3.63, 3.8) is 0 Å². The molecule has 5 heteroatoms. The summed E-state index contributed by atoms with van der Waals surface area (Å²) in [7, 11) is 1.69. The van der Waals surface area contributed by atoms with Crippen LogP contribution >= 0.6 is 27.3 Å². The summed E-state index contributed by atoms with van der Waals surface area (Å²) in [5.74, 6) is 0. The first-order valence-electron chi connectivity index (χ1n) is 5.25. The van der Waals surface area contributed by atoms with Gasteiger partial charge < -0.3 is 15.2 Å². The molecule has 0 amide bonds. The second-order valence-corrected chi connectivity index (χ2v) is 5.52. The van der Waals surface area contributed by atoms with Crippen molar-refractivity contribution >= 4 is 27.3 Å². The first-order valence-corrected chi connectivity index (χ1v) is 6.92. The predicted octanol–water partition coefficient (Wildman–Crippen LogP) is 2.95. The van der Waals surface area contributed by atoms with Crippen molar-refractivity contribution in [2.24, 2.45) is 5.73 Å². The quantitative estimate of drug-likeness (QED) is 0.788. The molecule has 1 heterocycles. The van der Waals surface area contributed by atoms with Gasteiger partial charge in [-0.1, -0.05) is 0 Å². The maximum absolute atomic E-state index is 5.93. The Bertz CT molecular complexity index is 304. The third-order valence-electron chi connectivity index (χ3n) is 2.14. The standard InChI is InChI=1S/C11H18BrNO2S/c1-8(13)11(15-5-3-4-14-2)10-6-9(12)7-16-10/h6-8,11H,3-5,13H2,1-2H3. The molecule has 3 nitrogen and oxygen atoms in total. The number of hydrogen-bond acceptors (Lipinski definition) is 4. The third-order valence-corrected chi connectivity index (χ3v) is 3.89. The first-order chi connectivity index (χ1) is 7.65. The fraction of sp³-hybridized carbons (Fsp3) is 0.636. The first kappa shape index (κ1) is 14.1. The van der Waals surface area contributed by atoms with Gasteiger partial charge in [0.25, 0.3) is 0 Å². The summed E-state index contributed by atoms with van der Waals surface area (Å²) >= 11 is 5.10. The van der Waals surface area contributed by atoms with Crippen LogP contribution in [0, 0.1) is 0 Å². The molecule has 1 aromatic heterocycles. The second-order valence-electron chi connectivity index (χ2n) is 3.66. The van der Waals surface area contributed by atoms with Gasteiger partial charge in [0.1, 0.15) is 6.10 Å². The molecule has 2 atom stereocenters. The smallest absolute Gasteiger partial charge is 0.106 e. The van der Waals surface area contributed by atoms with Crippen molar-refractivity contribution in [1.82, 2.24) is 0 Å². The average Bonchev–Trinajstić information content (AvgIpc) is 2.64. The number of hydrogen-bond donors (Lipinski definition) is 1. The van der Waals surface area contributed by atoms with Gasteiger partial charge in [-0.05, 0) is 35.3 Å². The monoisotopic (exact) mass is 307 g/mol. The van der Waals surface area contributed by atoms with Gasteiger partial charge in [-0.25, -0.2) is 0 Å². The van der Waals surface area contributed by atoms with Gasteiger partial charge in [0.15, 0.2) is 0 Å². The highest BCUT2D eigenvalue weighted by Gasteiger charge is 2.18. The summed E-state index contributed by atoms with van der Waals surface area (Å²) in [4.78, 5) is 1.17. The van der Waals surface area contributed by atoms with E-state index in [4.69, 9.17) is 15.2 Å². The Morgan fingerprint density at radius 2 is 2.25 bits per heavy atom. The van der Waals surface area contributed by atoms with Crippen molar-refractivity contribution in [3.8, 4) is 0 Å². The molecule has 0 saturated carbocycles. The van der Waals surface area contributed by atoms with E-state index in [0.717, 1.165) is 17.5 Å². The molecule has 0 fully saturated rings. The van der Waals surface area contributed by atoms with Gasteiger partial charge in [0.2, 0.25) is 0 Å². The number of nitrogens with two attached hydrogens (primary N) is 1. The number of ether oxygens (including phenoxy) is 2. The number of thiophene rings is 1. The Morgan fingerprint density at radius 3 is 2.75 bits per heavy atom. The molecule has 1 aromatic rings. The Kier molecular flexibility index (Phi) is 6.53. The van der Waals surface area contributed by atoms with Gasteiger partial charge in [-0.2, -0.15) is 0 Å². The van der Waals surface area contributed by atoms with Crippen molar-refractivity contribution in [2.45, 2.75) is 25.5 Å². The number of methoxy groups -OCH3 is 1. The second kappa shape index (κ2) is 7.40. The molecule has 92 valence electrons. The van der Waals surface area contributed by atoms with Crippen LogP contribution in [0.4, 0.5) is 0 Å². The van der Waals surface area contributed by atoms with Gasteiger partial charge in [-0.3, -0.25) is 0 Å². The molecule has 2 N–H and O–H groups in total. The van der Waals surface area contributed by atoms with E-state index in [1.165, 1.54) is 4.88 Å². The molecule has 0 saturated heterocycles. The molecule has 1 rings (SSSR count). The minimum absolute atomic E-state index is 0.00639. The molecule has 0 aliphatic rings. The molecule has 2 unspecified atom stereocenters. The van der Waals surface area contributed by atoms with E-state index in [9.17, 15) is 0 Å². The van der Waals surface area contributed by atoms with Crippen LogP contribution in [0.5, 0.6) is 0 Å². The van der Waals surface area contributed by atoms with Crippen molar-refractivity contribution in [2.75, 3.05) is 20.3 Å². The van der Waals surface area contributed by atoms with Crippen LogP contribution in [-0.4, -0.2) is 26.4 Å². The van der Waals surface area contributed by atoms with Crippen molar-refractivity contribution in [3.05, 3.63) is 20.8 Å². The SMILES string of the molecule is COCCCOC(c1cc(Br)cs1)C(C)N. The van der Waals surface area contributed by atoms with Gasteiger partial charge in [0.05, 0.1) is 0 Å². The van der Waals surface area contributed by atoms with E-state index in [0.29, 0.717) is 6.61 Å². The lowest BCUT2D eigenvalue weighted by Crippen LogP contribution is -2.26. The highest BCUT2D eigenvalue weighted by molar-refractivity contribution is 9.10. The summed E-state index contributed by atoms with van der Waals surface area (Å²) in [6.45, 7) is 3.37. The highest BCUT2D eigenvalue weighted by Crippen LogP contribution is 2.29. The van der Waals surface area contributed by atoms with Crippen molar-refractivity contribution < 1.29 is 9.47 Å². The van der Waals surface area contributed by atoms with Crippen LogP contribution in [0.15, 0.2) is 15.9 Å². The molecular weight excluding hydrogens is 290 g/mol. The van der Waals surface area contributed by atoms with E-state index < -0.39 is 0 Å². The molecule has 0 radical (unpaired) electrons. The van der Waals surface area contributed by atoms with Gasteiger partial charge >= 0.3 is 0 Å². The zero-order chi connectivity index (χ0) is 12.0. The summed E-state index contributed by atoms with van der Waals surface area (Å²) in [5, 5.41) is 2.04. The number of halogens is 1. The van der Waals surface area contributed by atoms with E-state index in [2.05, 4.69) is 22.0 Å². The van der Waals surface area contributed by atoms with Crippen LogP contribution in [-0.2, 0) is 9.47 Å². The lowest BCUT2D eigenvalue weighted by Gasteiger charge is -2.20. The minimum Gasteiger partial charge on any atom is -0.385 e. The Morgan fingerprint density at radius 1 is 1.50 bits per heavy atom. The van der Waals surface area contributed by atoms with Crippen LogP contribution in [0.2, 0.25) is 0 Å². The van der Waals surface area contributed by atoms with Crippen molar-refractivity contribution in [1.29, 1.82) is 0 Å². The number of rotatable bonds is 7. The van der Waals surface area contributed by atoms with Gasteiger partial charge in [0, 0.05) is 41.1 Å². The molecule has 16 heavy (non-hydrogen) atoms. The van der Waals surface area contributed by atoms with Gasteiger partial charge in [-0.15, -0.1) is 11.3 Å². The summed E-state index contributed by atoms with van der Waals surface area (Å²) < 4.78 is 11.8. The van der Waals surface area contributed by atoms with E-state index >= 15 is 0 Å². The van der Waals surface area contributed by atoms with Crippen LogP contribution in [0.1, 0.15) is 24.3 Å². The summed E-state index contributed by atoms with van der Waals surface area (Å²) in [5.41, 5.74) is 5.93. The summed E-state index contributed by atoms with van der Waals surface area (Å²) in [6.07, 6.45) is 0.875. The van der Waals surface area contributed by atoms with Crippen LogP contribution in [0.25, 0.3) is 0 Å². The fourth-order valence-corrected chi connectivity index (χ4v) is 2.99. The molecule has 0 spiro atoms. The summed E-state index contributed by atoms with van der Waals surface area (Å²) in [6, 6.07) is 2.06. The Labute approximate surface area is 109 Å². The highest BCUT2D eigenvalue weighted by atomic mass is 79.9. The third kappa shape index (κ3) is 4.51. The maximum atomic E-state index is 5.93. The molecule has 0 bridgehead atoms. The lowest BCUT2D eigenvalue weighted by molar-refractivity contribution is 0.0285. The predicted molar refractivity (Wildman–Crippen MR) is 70.9 cm³/mol. The topological polar surface area (TPSA) is 44.5 Å². The van der Waals surface area contributed by atoms with Crippen LogP contribution in [0.3, 0.4) is 0 Å². The molecule has 0 aromatic carbocycles. The Hall–Kier alpha value is 0.0600. The maximum Gasteiger partial charge on any atom is 0.106 e. The lowest BCUT2D eigenvalue weighted by atomic mass is 10.1. The Balaban J connectivity index is 2.48. The normalized spacial score (nSPS) is 15.0. The zero-order valence-corrected chi connectivity index (χ0v) is 12.0. The molecule has 0 aliphatic heterocycles. The fourth-order valence-electron chi connectivity index (χ4n) is 1.38. The van der Waals surface area contributed by atoms with Crippen LogP contribution < -0.4 is 5.73 Å². The average molecular weight is 308 g/mol. The molecular formula is C11H18BrNO2S. The largest absolute Gasteiger partial charge is 0.385 e. The van der Waals surface area contributed by atoms with E-state index in [-0.39, 0.29) is 12.1 Å². The van der Waals surface area contributed by atoms with E-state index in [1.807, 2.05) is 12.3 Å². The molecule has 0 aliphatic carbocycles. The van der Waals surface area contributed by atoms with E-state index in [1.54, 1.807) is 18.4 Å². The zero-order valence-electron chi connectivity index (χ0n) is 9.61.